The molecular formula is C21H32N6O5. The summed E-state index contributed by atoms with van der Waals surface area (Å²) in [6, 6.07) is -2.14. The van der Waals surface area contributed by atoms with Crippen LogP contribution in [-0.4, -0.2) is 62.9 Å². The van der Waals surface area contributed by atoms with Crippen molar-refractivity contribution in [2.24, 2.45) is 17.6 Å². The van der Waals surface area contributed by atoms with Crippen molar-refractivity contribution in [3.63, 3.8) is 0 Å². The molecule has 11 nitrogen and oxygen atoms in total. The molecule has 1 aliphatic heterocycles. The van der Waals surface area contributed by atoms with Gasteiger partial charge in [0.1, 0.15) is 17.9 Å². The fraction of sp³-hybridized carbons (Fsp3) is 0.619. The summed E-state index contributed by atoms with van der Waals surface area (Å²) >= 11 is 0. The molecular weight excluding hydrogens is 416 g/mol. The maximum Gasteiger partial charge on any atom is 0.323 e. The SMILES string of the molecule is CC(C)CC(=O)O[C@H]1[C@@H](OC(=O)[C@@H](N)C(C)C)[C@H](c2c[nH]c3c(N)ncnc23)N[C@@H]1CO. The highest BCUT2D eigenvalue weighted by atomic mass is 16.6. The smallest absolute Gasteiger partial charge is 0.323 e. The molecule has 32 heavy (non-hydrogen) atoms. The number of carbonyl (C=O) groups is 2. The van der Waals surface area contributed by atoms with Crippen LogP contribution < -0.4 is 16.8 Å². The lowest BCUT2D eigenvalue weighted by molar-refractivity contribution is -0.169. The van der Waals surface area contributed by atoms with Crippen LogP contribution in [0.5, 0.6) is 0 Å². The predicted molar refractivity (Wildman–Crippen MR) is 117 cm³/mol. The number of aliphatic hydroxyl groups excluding tert-OH is 1. The fourth-order valence-corrected chi connectivity index (χ4v) is 3.78. The normalized spacial score (nSPS) is 24.2. The van der Waals surface area contributed by atoms with Gasteiger partial charge in [-0.1, -0.05) is 27.7 Å². The molecule has 1 saturated heterocycles. The van der Waals surface area contributed by atoms with Crippen molar-refractivity contribution in [3.05, 3.63) is 18.1 Å². The van der Waals surface area contributed by atoms with Gasteiger partial charge in [0, 0.05) is 18.2 Å². The van der Waals surface area contributed by atoms with Crippen molar-refractivity contribution in [3.8, 4) is 0 Å². The number of nitrogen functional groups attached to an aromatic ring is 1. The minimum Gasteiger partial charge on any atom is -0.457 e. The maximum absolute atomic E-state index is 12.7. The predicted octanol–water partition coefficient (Wildman–Crippen LogP) is 0.398. The molecule has 3 rings (SSSR count). The molecule has 176 valence electrons. The van der Waals surface area contributed by atoms with E-state index in [1.165, 1.54) is 6.33 Å². The molecule has 0 amide bonds. The van der Waals surface area contributed by atoms with Crippen molar-refractivity contribution in [1.29, 1.82) is 0 Å². The molecule has 1 fully saturated rings. The number of carbonyl (C=O) groups excluding carboxylic acids is 2. The lowest BCUT2D eigenvalue weighted by Gasteiger charge is -2.27. The Hall–Kier alpha value is -2.76. The molecule has 0 spiro atoms. The zero-order valence-corrected chi connectivity index (χ0v) is 18.7. The minimum atomic E-state index is -0.934. The number of hydrogen-bond donors (Lipinski definition) is 5. The van der Waals surface area contributed by atoms with Gasteiger partial charge >= 0.3 is 11.9 Å². The van der Waals surface area contributed by atoms with E-state index in [1.54, 1.807) is 6.20 Å². The van der Waals surface area contributed by atoms with Crippen molar-refractivity contribution >= 4 is 28.8 Å². The molecule has 0 aromatic carbocycles. The summed E-state index contributed by atoms with van der Waals surface area (Å²) in [4.78, 5) is 36.5. The van der Waals surface area contributed by atoms with E-state index in [2.05, 4.69) is 20.3 Å². The summed E-state index contributed by atoms with van der Waals surface area (Å²) in [5.74, 6) is -0.844. The molecule has 0 unspecified atom stereocenters. The average Bonchev–Trinajstić information content (AvgIpc) is 3.29. The number of nitrogens with zero attached hydrogens (tertiary/aromatic N) is 2. The molecule has 1 aliphatic rings. The van der Waals surface area contributed by atoms with Gasteiger partial charge in [-0.05, 0) is 11.8 Å². The van der Waals surface area contributed by atoms with Gasteiger partial charge in [0.05, 0.1) is 24.2 Å². The van der Waals surface area contributed by atoms with Crippen molar-refractivity contribution in [1.82, 2.24) is 20.3 Å². The minimum absolute atomic E-state index is 0.0869. The van der Waals surface area contributed by atoms with E-state index < -0.39 is 42.3 Å². The highest BCUT2D eigenvalue weighted by Crippen LogP contribution is 2.36. The average molecular weight is 449 g/mol. The third kappa shape index (κ3) is 4.84. The second kappa shape index (κ2) is 9.80. The Balaban J connectivity index is 1.98. The second-order valence-corrected chi connectivity index (χ2v) is 8.88. The van der Waals surface area contributed by atoms with Crippen molar-refractivity contribution in [2.45, 2.75) is 64.4 Å². The molecule has 0 radical (unpaired) electrons. The van der Waals surface area contributed by atoms with Crippen LogP contribution in [0.3, 0.4) is 0 Å². The second-order valence-electron chi connectivity index (χ2n) is 8.88. The number of aromatic nitrogens is 3. The molecule has 0 aliphatic carbocycles. The van der Waals surface area contributed by atoms with Crippen LogP contribution in [0.15, 0.2) is 12.5 Å². The lowest BCUT2D eigenvalue weighted by atomic mass is 10.0. The molecule has 3 heterocycles. The highest BCUT2D eigenvalue weighted by molar-refractivity contribution is 5.87. The van der Waals surface area contributed by atoms with Gasteiger partial charge in [-0.15, -0.1) is 0 Å². The van der Waals surface area contributed by atoms with Crippen LogP contribution in [0.2, 0.25) is 0 Å². The van der Waals surface area contributed by atoms with E-state index in [1.807, 2.05) is 27.7 Å². The number of aromatic amines is 1. The van der Waals surface area contributed by atoms with Crippen LogP contribution >= 0.6 is 0 Å². The molecule has 0 saturated carbocycles. The van der Waals surface area contributed by atoms with E-state index in [9.17, 15) is 14.7 Å². The van der Waals surface area contributed by atoms with E-state index >= 15 is 0 Å². The monoisotopic (exact) mass is 448 g/mol. The Labute approximate surface area is 186 Å². The zero-order valence-electron chi connectivity index (χ0n) is 18.7. The van der Waals surface area contributed by atoms with E-state index in [0.29, 0.717) is 16.6 Å². The van der Waals surface area contributed by atoms with Gasteiger partial charge in [-0.3, -0.25) is 14.9 Å². The first-order chi connectivity index (χ1) is 15.1. The Morgan fingerprint density at radius 3 is 2.53 bits per heavy atom. The Bertz CT molecular complexity index is 961. The number of aliphatic hydroxyl groups is 1. The third-order valence-corrected chi connectivity index (χ3v) is 5.58. The quantitative estimate of drug-likeness (QED) is 0.355. The van der Waals surface area contributed by atoms with Crippen molar-refractivity contribution < 1.29 is 24.2 Å². The third-order valence-electron chi connectivity index (χ3n) is 5.58. The van der Waals surface area contributed by atoms with E-state index in [0.717, 1.165) is 0 Å². The number of nitrogens with two attached hydrogens (primary N) is 2. The summed E-state index contributed by atoms with van der Waals surface area (Å²) in [6.45, 7) is 7.09. The maximum atomic E-state index is 12.7. The fourth-order valence-electron chi connectivity index (χ4n) is 3.78. The standard InChI is InChI=1S/C21H32N6O5/c1-9(2)5-13(29)31-18-12(7-28)27-16(19(18)32-21(30)14(22)10(3)4)11-6-24-17-15(11)25-8-26-20(17)23/h6,8-10,12,14,16,18-19,24,27-28H,5,7,22H2,1-4H3,(H2,23,25,26)/t12-,14+,16+,18-,19+/m1/s1. The number of H-pyrrole nitrogens is 1. The molecule has 7 N–H and O–H groups in total. The van der Waals surface area contributed by atoms with Gasteiger partial charge in [-0.25, -0.2) is 9.97 Å². The largest absolute Gasteiger partial charge is 0.457 e. The lowest BCUT2D eigenvalue weighted by Crippen LogP contribution is -2.45. The van der Waals surface area contributed by atoms with Crippen LogP contribution in [0.4, 0.5) is 5.82 Å². The first kappa shape index (κ1) is 23.9. The molecule has 2 aromatic rings. The summed E-state index contributed by atoms with van der Waals surface area (Å²) in [5.41, 5.74) is 13.7. The highest BCUT2D eigenvalue weighted by Gasteiger charge is 2.49. The number of hydrogen-bond acceptors (Lipinski definition) is 10. The van der Waals surface area contributed by atoms with Crippen LogP contribution in [0.25, 0.3) is 11.0 Å². The first-order valence-electron chi connectivity index (χ1n) is 10.7. The van der Waals surface area contributed by atoms with Crippen molar-refractivity contribution in [2.75, 3.05) is 12.3 Å². The van der Waals surface area contributed by atoms with Gasteiger partial charge in [0.25, 0.3) is 0 Å². The number of rotatable bonds is 8. The van der Waals surface area contributed by atoms with Gasteiger partial charge in [0.2, 0.25) is 0 Å². The summed E-state index contributed by atoms with van der Waals surface area (Å²) < 4.78 is 11.5. The number of fused-ring (bicyclic) bond motifs is 1. The first-order valence-corrected chi connectivity index (χ1v) is 10.7. The molecule has 11 heteroatoms. The zero-order chi connectivity index (χ0) is 23.6. The van der Waals surface area contributed by atoms with Crippen LogP contribution in [0, 0.1) is 11.8 Å². The summed E-state index contributed by atoms with van der Waals surface area (Å²) in [5, 5.41) is 13.2. The van der Waals surface area contributed by atoms with E-state index in [-0.39, 0.29) is 30.7 Å². The Kier molecular flexibility index (Phi) is 7.32. The number of ether oxygens (including phenoxy) is 2. The molecule has 0 bridgehead atoms. The van der Waals surface area contributed by atoms with Gasteiger partial charge in [-0.2, -0.15) is 0 Å². The van der Waals surface area contributed by atoms with Crippen LogP contribution in [0.1, 0.15) is 45.7 Å². The van der Waals surface area contributed by atoms with Gasteiger partial charge < -0.3 is 31.0 Å². The number of nitrogens with one attached hydrogen (secondary N) is 2. The topological polar surface area (TPSA) is 178 Å². The number of esters is 2. The van der Waals surface area contributed by atoms with Crippen LogP contribution in [-0.2, 0) is 19.1 Å². The molecule has 2 aromatic heterocycles. The Morgan fingerprint density at radius 2 is 1.91 bits per heavy atom. The summed E-state index contributed by atoms with van der Waals surface area (Å²) in [7, 11) is 0. The Morgan fingerprint density at radius 1 is 1.19 bits per heavy atom. The number of anilines is 1. The molecule has 5 atom stereocenters. The van der Waals surface area contributed by atoms with Gasteiger partial charge in [0.15, 0.2) is 18.0 Å². The van der Waals surface area contributed by atoms with E-state index in [4.69, 9.17) is 20.9 Å². The summed E-state index contributed by atoms with van der Waals surface area (Å²) in [6.07, 6.45) is 1.37.